The fraction of sp³-hybridized carbons (Fsp3) is 0.250. The van der Waals surface area contributed by atoms with Crippen LogP contribution >= 0.6 is 15.9 Å². The minimum Gasteiger partial charge on any atom is -0.363 e. The van der Waals surface area contributed by atoms with Gasteiger partial charge in [-0.2, -0.15) is 0 Å². The van der Waals surface area contributed by atoms with Crippen molar-refractivity contribution in [3.05, 3.63) is 64.1 Å². The van der Waals surface area contributed by atoms with Gasteiger partial charge in [-0.05, 0) is 35.7 Å². The van der Waals surface area contributed by atoms with Gasteiger partial charge in [-0.3, -0.25) is 0 Å². The van der Waals surface area contributed by atoms with E-state index in [4.69, 9.17) is 5.73 Å². The number of benzene rings is 2. The lowest BCUT2D eigenvalue weighted by molar-refractivity contribution is 0.649. The smallest absolute Gasteiger partial charge is 0.0665 e. The molecule has 0 spiro atoms. The van der Waals surface area contributed by atoms with E-state index >= 15 is 0 Å². The highest BCUT2D eigenvalue weighted by molar-refractivity contribution is 9.10. The Kier molecular flexibility index (Phi) is 3.58. The van der Waals surface area contributed by atoms with Crippen molar-refractivity contribution in [2.75, 3.05) is 18.0 Å². The van der Waals surface area contributed by atoms with E-state index in [1.165, 1.54) is 16.8 Å². The van der Waals surface area contributed by atoms with Gasteiger partial charge < -0.3 is 10.6 Å². The molecule has 1 unspecified atom stereocenters. The van der Waals surface area contributed by atoms with Crippen LogP contribution in [0.3, 0.4) is 0 Å². The van der Waals surface area contributed by atoms with E-state index in [1.54, 1.807) is 0 Å². The Hall–Kier alpha value is -1.32. The number of nitrogens with zero attached hydrogens (tertiary/aromatic N) is 1. The fourth-order valence-electron chi connectivity index (χ4n) is 2.82. The van der Waals surface area contributed by atoms with Crippen molar-refractivity contribution in [2.24, 2.45) is 5.73 Å². The number of nitrogens with two attached hydrogens (primary N) is 1. The number of hydrogen-bond donors (Lipinski definition) is 1. The number of para-hydroxylation sites is 1. The van der Waals surface area contributed by atoms with Gasteiger partial charge in [0, 0.05) is 23.2 Å². The van der Waals surface area contributed by atoms with Crippen LogP contribution in [0.5, 0.6) is 0 Å². The molecule has 3 rings (SSSR count). The van der Waals surface area contributed by atoms with Crippen LogP contribution in [-0.4, -0.2) is 13.1 Å². The maximum Gasteiger partial charge on any atom is 0.0665 e. The summed E-state index contributed by atoms with van der Waals surface area (Å²) in [6.45, 7) is 1.69. The highest BCUT2D eigenvalue weighted by atomic mass is 79.9. The second-order valence-corrected chi connectivity index (χ2v) is 5.79. The third-order valence-electron chi connectivity index (χ3n) is 3.78. The Morgan fingerprint density at radius 1 is 1.11 bits per heavy atom. The molecular formula is C16H17BrN2. The molecule has 19 heavy (non-hydrogen) atoms. The Labute approximate surface area is 122 Å². The van der Waals surface area contributed by atoms with Crippen LogP contribution in [-0.2, 0) is 6.42 Å². The normalized spacial score (nSPS) is 15.4. The number of halogens is 1. The molecule has 0 aliphatic carbocycles. The van der Waals surface area contributed by atoms with E-state index in [2.05, 4.69) is 69.4 Å². The van der Waals surface area contributed by atoms with Crippen molar-refractivity contribution in [1.82, 2.24) is 0 Å². The quantitative estimate of drug-likeness (QED) is 0.939. The molecule has 0 bridgehead atoms. The van der Waals surface area contributed by atoms with Gasteiger partial charge in [0.05, 0.1) is 6.04 Å². The van der Waals surface area contributed by atoms with Crippen LogP contribution in [0.15, 0.2) is 53.0 Å². The molecule has 2 aromatic carbocycles. The fourth-order valence-corrected chi connectivity index (χ4v) is 3.08. The third kappa shape index (κ3) is 2.40. The lowest BCUT2D eigenvalue weighted by atomic mass is 10.1. The second-order valence-electron chi connectivity index (χ2n) is 4.88. The minimum atomic E-state index is 0.261. The first-order valence-electron chi connectivity index (χ1n) is 6.59. The van der Waals surface area contributed by atoms with Gasteiger partial charge in [0.15, 0.2) is 0 Å². The molecule has 0 fully saturated rings. The maximum absolute atomic E-state index is 6.03. The Morgan fingerprint density at radius 2 is 1.84 bits per heavy atom. The molecule has 3 heteroatoms. The van der Waals surface area contributed by atoms with Crippen LogP contribution in [0.2, 0.25) is 0 Å². The van der Waals surface area contributed by atoms with Gasteiger partial charge in [0.1, 0.15) is 0 Å². The highest BCUT2D eigenvalue weighted by Gasteiger charge is 2.25. The molecule has 0 radical (unpaired) electrons. The summed E-state index contributed by atoms with van der Waals surface area (Å²) in [6.07, 6.45) is 1.11. The minimum absolute atomic E-state index is 0.261. The summed E-state index contributed by atoms with van der Waals surface area (Å²) in [5, 5.41) is 0. The molecule has 2 N–H and O–H groups in total. The first-order valence-corrected chi connectivity index (χ1v) is 7.39. The average molecular weight is 317 g/mol. The summed E-state index contributed by atoms with van der Waals surface area (Å²) in [4.78, 5) is 2.43. The van der Waals surface area contributed by atoms with E-state index < -0.39 is 0 Å². The second kappa shape index (κ2) is 5.35. The molecule has 0 saturated carbocycles. The van der Waals surface area contributed by atoms with Crippen molar-refractivity contribution in [1.29, 1.82) is 0 Å². The lowest BCUT2D eigenvalue weighted by Gasteiger charge is -2.30. The zero-order valence-corrected chi connectivity index (χ0v) is 12.3. The number of anilines is 1. The van der Waals surface area contributed by atoms with Crippen molar-refractivity contribution in [3.8, 4) is 0 Å². The van der Waals surface area contributed by atoms with Crippen molar-refractivity contribution in [2.45, 2.75) is 12.5 Å². The van der Waals surface area contributed by atoms with Crippen LogP contribution in [0.1, 0.15) is 17.2 Å². The van der Waals surface area contributed by atoms with E-state index in [1.807, 2.05) is 0 Å². The first kappa shape index (κ1) is 12.7. The summed E-state index contributed by atoms with van der Waals surface area (Å²) in [7, 11) is 0. The largest absolute Gasteiger partial charge is 0.363 e. The summed E-state index contributed by atoms with van der Waals surface area (Å²) >= 11 is 3.48. The summed E-state index contributed by atoms with van der Waals surface area (Å²) in [5.41, 5.74) is 10.1. The third-order valence-corrected chi connectivity index (χ3v) is 4.31. The van der Waals surface area contributed by atoms with Gasteiger partial charge in [-0.25, -0.2) is 0 Å². The van der Waals surface area contributed by atoms with Crippen LogP contribution in [0.4, 0.5) is 5.69 Å². The Balaban J connectivity index is 1.94. The van der Waals surface area contributed by atoms with Gasteiger partial charge >= 0.3 is 0 Å². The van der Waals surface area contributed by atoms with Crippen LogP contribution in [0, 0.1) is 0 Å². The zero-order chi connectivity index (χ0) is 13.2. The number of hydrogen-bond acceptors (Lipinski definition) is 2. The number of fused-ring (bicyclic) bond motifs is 1. The van der Waals surface area contributed by atoms with Gasteiger partial charge in [-0.1, -0.05) is 46.3 Å². The molecule has 2 aromatic rings. The molecule has 1 aliphatic heterocycles. The molecule has 0 aromatic heterocycles. The molecular weight excluding hydrogens is 300 g/mol. The van der Waals surface area contributed by atoms with Crippen LogP contribution < -0.4 is 10.6 Å². The monoisotopic (exact) mass is 316 g/mol. The lowest BCUT2D eigenvalue weighted by Crippen LogP contribution is -2.32. The van der Waals surface area contributed by atoms with Crippen LogP contribution in [0.25, 0.3) is 0 Å². The predicted octanol–water partition coefficient (Wildman–Crippen LogP) is 3.51. The standard InChI is InChI=1S/C16H17BrN2/c17-14-7-5-13(6-8-14)16(11-18)19-10-9-12-3-1-2-4-15(12)19/h1-8,16H,9-11,18H2. The van der Waals surface area contributed by atoms with E-state index in [0.29, 0.717) is 6.54 Å². The Bertz CT molecular complexity index is 565. The molecule has 2 nitrogen and oxygen atoms in total. The van der Waals surface area contributed by atoms with Gasteiger partial charge in [0.25, 0.3) is 0 Å². The summed E-state index contributed by atoms with van der Waals surface area (Å²) in [5.74, 6) is 0. The molecule has 0 amide bonds. The van der Waals surface area contributed by atoms with Gasteiger partial charge in [-0.15, -0.1) is 0 Å². The van der Waals surface area contributed by atoms with Crippen molar-refractivity contribution < 1.29 is 0 Å². The van der Waals surface area contributed by atoms with E-state index in [-0.39, 0.29) is 6.04 Å². The van der Waals surface area contributed by atoms with Crippen molar-refractivity contribution >= 4 is 21.6 Å². The molecule has 98 valence electrons. The maximum atomic E-state index is 6.03. The average Bonchev–Trinajstić information content (AvgIpc) is 2.86. The molecule has 1 heterocycles. The van der Waals surface area contributed by atoms with E-state index in [0.717, 1.165) is 17.4 Å². The predicted molar refractivity (Wildman–Crippen MR) is 83.4 cm³/mol. The molecule has 1 atom stereocenters. The molecule has 0 saturated heterocycles. The number of rotatable bonds is 3. The summed E-state index contributed by atoms with van der Waals surface area (Å²) in [6, 6.07) is 17.4. The topological polar surface area (TPSA) is 29.3 Å². The van der Waals surface area contributed by atoms with E-state index in [9.17, 15) is 0 Å². The SMILES string of the molecule is NCC(c1ccc(Br)cc1)N1CCc2ccccc21. The van der Waals surface area contributed by atoms with Gasteiger partial charge in [0.2, 0.25) is 0 Å². The molecule has 1 aliphatic rings. The highest BCUT2D eigenvalue weighted by Crippen LogP contribution is 2.34. The first-order chi connectivity index (χ1) is 9.29. The van der Waals surface area contributed by atoms with Crippen molar-refractivity contribution in [3.63, 3.8) is 0 Å². The summed E-state index contributed by atoms with van der Waals surface area (Å²) < 4.78 is 1.11. The Morgan fingerprint density at radius 3 is 2.58 bits per heavy atom. The zero-order valence-electron chi connectivity index (χ0n) is 10.7.